The summed E-state index contributed by atoms with van der Waals surface area (Å²) in [6.07, 6.45) is 14.1. The molecule has 2 aliphatic rings. The van der Waals surface area contributed by atoms with E-state index in [2.05, 4.69) is 51.8 Å². The molecule has 0 saturated heterocycles. The smallest absolute Gasteiger partial charge is 0.207 e. The molecule has 2 aromatic rings. The van der Waals surface area contributed by atoms with Crippen LogP contribution >= 0.6 is 0 Å². The summed E-state index contributed by atoms with van der Waals surface area (Å²) < 4.78 is 0. The normalized spacial score (nSPS) is 19.2. The fourth-order valence-electron chi connectivity index (χ4n) is 4.48. The van der Waals surface area contributed by atoms with Crippen LogP contribution < -0.4 is 20.9 Å². The van der Waals surface area contributed by atoms with Crippen LogP contribution in [-0.2, 0) is 9.59 Å². The first-order valence-corrected chi connectivity index (χ1v) is 13.9. The van der Waals surface area contributed by atoms with E-state index in [0.717, 1.165) is 49.3 Å². The van der Waals surface area contributed by atoms with E-state index in [1.807, 2.05) is 55.5 Å². The second-order valence-corrected chi connectivity index (χ2v) is 9.60. The van der Waals surface area contributed by atoms with Gasteiger partial charge in [-0.2, -0.15) is 0 Å². The van der Waals surface area contributed by atoms with E-state index in [4.69, 9.17) is 0 Å². The Bertz CT molecular complexity index is 1220. The van der Waals surface area contributed by atoms with Crippen LogP contribution in [0.2, 0.25) is 0 Å². The van der Waals surface area contributed by atoms with Gasteiger partial charge >= 0.3 is 0 Å². The number of likely N-dealkylation sites (N-methyl/N-ethyl adjacent to an activating group) is 1. The van der Waals surface area contributed by atoms with Crippen molar-refractivity contribution in [2.45, 2.75) is 52.1 Å². The molecule has 1 heterocycles. The number of anilines is 1. The van der Waals surface area contributed by atoms with Crippen molar-refractivity contribution in [2.24, 2.45) is 0 Å². The van der Waals surface area contributed by atoms with E-state index in [1.54, 1.807) is 18.5 Å². The third kappa shape index (κ3) is 8.86. The first kappa shape index (κ1) is 30.2. The predicted octanol–water partition coefficient (Wildman–Crippen LogP) is 4.87. The standard InChI is InChI=1S/C22H26N2O2.C10H15N3O/c1-3-18(16-10-5-4-6-11-16)24-19-14-21(26)22(19)23-17-12-8-7-9-15(2)20(25)13-17;1-2-13(8-7-12-9-14)10-3-5-11-6-4-10/h4-6,8-13,17-18,23-25H,3,7,14H2,1-2H3;3-6,9H,2,7-8H2,1H3,(H,12,14)/b12-8-,15-9-,20-13?;/t17?,18-;/m1./s1. The summed E-state index contributed by atoms with van der Waals surface area (Å²) in [6.45, 7) is 8.51. The van der Waals surface area contributed by atoms with Gasteiger partial charge in [0.1, 0.15) is 5.76 Å². The summed E-state index contributed by atoms with van der Waals surface area (Å²) in [7, 11) is 0. The summed E-state index contributed by atoms with van der Waals surface area (Å²) in [4.78, 5) is 28.4. The first-order valence-electron chi connectivity index (χ1n) is 13.9. The Morgan fingerprint density at radius 2 is 1.90 bits per heavy atom. The number of allylic oxidation sites excluding steroid dienone is 5. The Morgan fingerprint density at radius 1 is 1.15 bits per heavy atom. The monoisotopic (exact) mass is 543 g/mol. The quantitative estimate of drug-likeness (QED) is 0.172. The minimum atomic E-state index is -0.202. The molecule has 1 amide bonds. The molecular weight excluding hydrogens is 502 g/mol. The molecule has 40 heavy (non-hydrogen) atoms. The van der Waals surface area contributed by atoms with Crippen LogP contribution in [-0.4, -0.2) is 48.0 Å². The summed E-state index contributed by atoms with van der Waals surface area (Å²) in [5.41, 5.74) is 4.77. The molecular formula is C32H41N5O3. The third-order valence-electron chi connectivity index (χ3n) is 6.85. The minimum Gasteiger partial charge on any atom is -0.508 e. The number of rotatable bonds is 12. The number of benzene rings is 1. The van der Waals surface area contributed by atoms with Gasteiger partial charge < -0.3 is 26.0 Å². The molecule has 4 N–H and O–H groups in total. The Labute approximate surface area is 237 Å². The number of nitrogens with one attached hydrogen (secondary N) is 3. The van der Waals surface area contributed by atoms with Crippen molar-refractivity contribution >= 4 is 17.9 Å². The summed E-state index contributed by atoms with van der Waals surface area (Å²) in [5.74, 6) is 0.357. The zero-order chi connectivity index (χ0) is 28.7. The summed E-state index contributed by atoms with van der Waals surface area (Å²) in [6, 6.07) is 14.2. The van der Waals surface area contributed by atoms with Crippen LogP contribution in [0.3, 0.4) is 0 Å². The molecule has 1 aromatic carbocycles. The van der Waals surface area contributed by atoms with Gasteiger partial charge in [-0.05, 0) is 56.0 Å². The van der Waals surface area contributed by atoms with Crippen LogP contribution in [0.4, 0.5) is 5.69 Å². The van der Waals surface area contributed by atoms with Gasteiger partial charge in [0, 0.05) is 43.4 Å². The average Bonchev–Trinajstić information content (AvgIpc) is 2.98. The number of aliphatic hydroxyl groups excluding tert-OH is 1. The van der Waals surface area contributed by atoms with Gasteiger partial charge in [0.15, 0.2) is 5.78 Å². The highest BCUT2D eigenvalue weighted by Crippen LogP contribution is 2.26. The van der Waals surface area contributed by atoms with Crippen molar-refractivity contribution in [3.8, 4) is 0 Å². The molecule has 1 unspecified atom stereocenters. The molecule has 4 rings (SSSR count). The van der Waals surface area contributed by atoms with E-state index >= 15 is 0 Å². The van der Waals surface area contributed by atoms with Crippen LogP contribution in [0.5, 0.6) is 0 Å². The van der Waals surface area contributed by atoms with Crippen molar-refractivity contribution in [3.05, 3.63) is 107 Å². The molecule has 2 atom stereocenters. The van der Waals surface area contributed by atoms with Crippen LogP contribution in [0.25, 0.3) is 0 Å². The highest BCUT2D eigenvalue weighted by molar-refractivity contribution is 6.03. The van der Waals surface area contributed by atoms with Crippen molar-refractivity contribution < 1.29 is 14.7 Å². The SMILES string of the molecule is CCN(CCNC=O)c1ccncc1.CC[C@@H](NC1=C(NC2C=C(O)/C(C)=C\C/C=C\2)C(=O)C1)c1ccccc1. The van der Waals surface area contributed by atoms with Crippen LogP contribution in [0.1, 0.15) is 51.6 Å². The predicted molar refractivity (Wildman–Crippen MR) is 161 cm³/mol. The van der Waals surface area contributed by atoms with Gasteiger partial charge in [-0.3, -0.25) is 14.6 Å². The highest BCUT2D eigenvalue weighted by atomic mass is 16.3. The van der Waals surface area contributed by atoms with Gasteiger partial charge in [0.2, 0.25) is 6.41 Å². The van der Waals surface area contributed by atoms with E-state index in [-0.39, 0.29) is 23.6 Å². The maximum absolute atomic E-state index is 12.1. The third-order valence-corrected chi connectivity index (χ3v) is 6.85. The molecule has 1 aromatic heterocycles. The van der Waals surface area contributed by atoms with Gasteiger partial charge in [-0.25, -0.2) is 0 Å². The number of carbonyl (C=O) groups excluding carboxylic acids is 2. The Hall–Kier alpha value is -4.33. The second-order valence-electron chi connectivity index (χ2n) is 9.60. The lowest BCUT2D eigenvalue weighted by Gasteiger charge is -2.30. The molecule has 0 saturated carbocycles. The van der Waals surface area contributed by atoms with Gasteiger partial charge in [0.25, 0.3) is 0 Å². The number of pyridine rings is 1. The number of aliphatic hydroxyl groups is 1. The van der Waals surface area contributed by atoms with E-state index in [1.165, 1.54) is 5.56 Å². The molecule has 0 bridgehead atoms. The summed E-state index contributed by atoms with van der Waals surface area (Å²) >= 11 is 0. The van der Waals surface area contributed by atoms with Crippen molar-refractivity contribution in [3.63, 3.8) is 0 Å². The van der Waals surface area contributed by atoms with Gasteiger partial charge in [-0.15, -0.1) is 0 Å². The Balaban J connectivity index is 0.000000267. The van der Waals surface area contributed by atoms with E-state index in [0.29, 0.717) is 18.7 Å². The number of amides is 1. The van der Waals surface area contributed by atoms with Crippen LogP contribution in [0.15, 0.2) is 102 Å². The van der Waals surface area contributed by atoms with Crippen LogP contribution in [0, 0.1) is 0 Å². The van der Waals surface area contributed by atoms with E-state index < -0.39 is 0 Å². The molecule has 0 radical (unpaired) electrons. The zero-order valence-corrected chi connectivity index (χ0v) is 23.6. The fraction of sp³-hybridized carbons (Fsp3) is 0.344. The zero-order valence-electron chi connectivity index (χ0n) is 23.6. The largest absolute Gasteiger partial charge is 0.508 e. The Morgan fingerprint density at radius 3 is 2.55 bits per heavy atom. The summed E-state index contributed by atoms with van der Waals surface area (Å²) in [5, 5.41) is 19.6. The molecule has 0 fully saturated rings. The number of carbonyl (C=O) groups is 2. The molecule has 2 aliphatic carbocycles. The number of nitrogens with zero attached hydrogens (tertiary/aromatic N) is 2. The Kier molecular flexibility index (Phi) is 12.0. The average molecular weight is 544 g/mol. The first-order chi connectivity index (χ1) is 19.5. The number of aromatic nitrogens is 1. The van der Waals surface area contributed by atoms with Crippen molar-refractivity contribution in [1.82, 2.24) is 20.9 Å². The molecule has 0 aliphatic heterocycles. The highest BCUT2D eigenvalue weighted by Gasteiger charge is 2.30. The van der Waals surface area contributed by atoms with Crippen molar-refractivity contribution in [1.29, 1.82) is 0 Å². The lowest BCUT2D eigenvalue weighted by molar-refractivity contribution is -0.117. The number of hydrogen-bond donors (Lipinski definition) is 4. The molecule has 8 heteroatoms. The maximum atomic E-state index is 12.1. The lowest BCUT2D eigenvalue weighted by atomic mass is 9.95. The molecule has 212 valence electrons. The minimum absolute atomic E-state index is 0.103. The van der Waals surface area contributed by atoms with E-state index in [9.17, 15) is 14.7 Å². The lowest BCUT2D eigenvalue weighted by Crippen LogP contribution is -2.40. The van der Waals surface area contributed by atoms with Gasteiger partial charge in [0.05, 0.1) is 24.2 Å². The number of Topliss-reactive ketones (excluding diaryl/α,β-unsaturated/α-hetero) is 1. The van der Waals surface area contributed by atoms with Gasteiger partial charge in [-0.1, -0.05) is 55.5 Å². The second kappa shape index (κ2) is 15.9. The molecule has 8 nitrogen and oxygen atoms in total. The fourth-order valence-corrected chi connectivity index (χ4v) is 4.48. The topological polar surface area (TPSA) is 107 Å². The molecule has 0 spiro atoms. The maximum Gasteiger partial charge on any atom is 0.207 e. The number of hydrogen-bond acceptors (Lipinski definition) is 7. The number of ketones is 1. The van der Waals surface area contributed by atoms with Crippen molar-refractivity contribution in [2.75, 3.05) is 24.5 Å².